The van der Waals surface area contributed by atoms with Crippen molar-refractivity contribution in [2.75, 3.05) is 13.1 Å². The molecule has 2 heterocycles. The van der Waals surface area contributed by atoms with Gasteiger partial charge in [0.2, 0.25) is 5.91 Å². The first-order chi connectivity index (χ1) is 12.6. The number of hydrogen-bond donors (Lipinski definition) is 0. The number of amides is 1. The van der Waals surface area contributed by atoms with Crippen LogP contribution in [-0.4, -0.2) is 28.5 Å². The van der Waals surface area contributed by atoms with Crippen LogP contribution in [0.25, 0.3) is 10.9 Å². The van der Waals surface area contributed by atoms with Gasteiger partial charge in [-0.05, 0) is 48.1 Å². The topological polar surface area (TPSA) is 25.2 Å². The fourth-order valence-electron chi connectivity index (χ4n) is 4.03. The van der Waals surface area contributed by atoms with Crippen LogP contribution in [0.4, 0.5) is 4.39 Å². The van der Waals surface area contributed by atoms with Crippen molar-refractivity contribution < 1.29 is 9.18 Å². The first kappa shape index (κ1) is 16.8. The number of carbonyl (C=O) groups excluding carboxylic acids is 1. The summed E-state index contributed by atoms with van der Waals surface area (Å²) in [7, 11) is 2.09. The molecule has 4 heteroatoms. The molecule has 3 nitrogen and oxygen atoms in total. The first-order valence-corrected chi connectivity index (χ1v) is 9.18. The smallest absolute Gasteiger partial charge is 0.226 e. The van der Waals surface area contributed by atoms with Crippen LogP contribution >= 0.6 is 0 Å². The van der Waals surface area contributed by atoms with Crippen LogP contribution in [0, 0.1) is 5.82 Å². The van der Waals surface area contributed by atoms with Crippen molar-refractivity contribution in [3.8, 4) is 0 Å². The molecular weight excluding hydrogens is 327 g/mol. The highest BCUT2D eigenvalue weighted by atomic mass is 19.1. The summed E-state index contributed by atoms with van der Waals surface area (Å²) in [6.45, 7) is 1.57. The average molecular weight is 350 g/mol. The van der Waals surface area contributed by atoms with Gasteiger partial charge in [0.15, 0.2) is 0 Å². The van der Waals surface area contributed by atoms with Gasteiger partial charge in [0, 0.05) is 37.2 Å². The minimum absolute atomic E-state index is 0.132. The van der Waals surface area contributed by atoms with Crippen molar-refractivity contribution in [1.29, 1.82) is 0 Å². The Balaban J connectivity index is 1.42. The van der Waals surface area contributed by atoms with E-state index in [2.05, 4.69) is 42.1 Å². The van der Waals surface area contributed by atoms with Crippen molar-refractivity contribution in [3.63, 3.8) is 0 Å². The fraction of sp³-hybridized carbons (Fsp3) is 0.318. The second-order valence-electron chi connectivity index (χ2n) is 7.17. The molecule has 1 saturated heterocycles. The first-order valence-electron chi connectivity index (χ1n) is 9.18. The molecule has 4 rings (SSSR count). The van der Waals surface area contributed by atoms with Crippen LogP contribution in [0.1, 0.15) is 29.9 Å². The molecule has 0 aliphatic carbocycles. The molecule has 2 aromatic carbocycles. The van der Waals surface area contributed by atoms with Gasteiger partial charge in [0.1, 0.15) is 5.82 Å². The molecule has 0 N–H and O–H groups in total. The minimum atomic E-state index is -0.267. The van der Waals surface area contributed by atoms with Gasteiger partial charge in [0.25, 0.3) is 0 Å². The monoisotopic (exact) mass is 350 g/mol. The zero-order valence-electron chi connectivity index (χ0n) is 15.0. The van der Waals surface area contributed by atoms with Crippen LogP contribution in [0.3, 0.4) is 0 Å². The molecule has 1 aliphatic heterocycles. The molecule has 1 aliphatic rings. The van der Waals surface area contributed by atoms with Crippen LogP contribution in [-0.2, 0) is 18.3 Å². The normalized spacial score (nSPS) is 15.5. The number of hydrogen-bond acceptors (Lipinski definition) is 1. The molecule has 134 valence electrons. The Bertz CT molecular complexity index is 921. The van der Waals surface area contributed by atoms with Crippen molar-refractivity contribution in [2.45, 2.75) is 25.2 Å². The maximum Gasteiger partial charge on any atom is 0.226 e. The van der Waals surface area contributed by atoms with Crippen molar-refractivity contribution >= 4 is 16.8 Å². The van der Waals surface area contributed by atoms with E-state index >= 15 is 0 Å². The van der Waals surface area contributed by atoms with Gasteiger partial charge < -0.3 is 9.47 Å². The van der Waals surface area contributed by atoms with E-state index < -0.39 is 0 Å². The minimum Gasteiger partial charge on any atom is -0.350 e. The molecule has 0 bridgehead atoms. The van der Waals surface area contributed by atoms with E-state index in [1.54, 1.807) is 12.1 Å². The number of fused-ring (bicyclic) bond motifs is 1. The highest BCUT2D eigenvalue weighted by Gasteiger charge is 2.25. The van der Waals surface area contributed by atoms with Crippen molar-refractivity contribution in [1.82, 2.24) is 9.47 Å². The standard InChI is InChI=1S/C22H23FN2O/c1-24-15-20(19-4-2-3-5-21(19)24)17-10-12-25(13-11-17)22(26)14-16-6-8-18(23)9-7-16/h2-9,15,17H,10-14H2,1H3. The zero-order valence-corrected chi connectivity index (χ0v) is 15.0. The molecular formula is C22H23FN2O. The molecule has 0 saturated carbocycles. The van der Waals surface area contributed by atoms with E-state index in [1.807, 2.05) is 4.90 Å². The Labute approximate surface area is 153 Å². The average Bonchev–Trinajstić information content (AvgIpc) is 3.01. The van der Waals surface area contributed by atoms with Gasteiger partial charge in [-0.2, -0.15) is 0 Å². The number of piperidine rings is 1. The van der Waals surface area contributed by atoms with E-state index in [0.717, 1.165) is 31.5 Å². The predicted octanol–water partition coefficient (Wildman–Crippen LogP) is 4.27. The highest BCUT2D eigenvalue weighted by Crippen LogP contribution is 2.34. The second-order valence-corrected chi connectivity index (χ2v) is 7.17. The van der Waals surface area contributed by atoms with E-state index in [-0.39, 0.29) is 11.7 Å². The lowest BCUT2D eigenvalue weighted by molar-refractivity contribution is -0.131. The zero-order chi connectivity index (χ0) is 18.1. The predicted molar refractivity (Wildman–Crippen MR) is 102 cm³/mol. The summed E-state index contributed by atoms with van der Waals surface area (Å²) >= 11 is 0. The number of para-hydroxylation sites is 1. The molecule has 0 atom stereocenters. The number of rotatable bonds is 3. The van der Waals surface area contributed by atoms with Gasteiger partial charge in [0.05, 0.1) is 6.42 Å². The number of benzene rings is 2. The molecule has 1 fully saturated rings. The van der Waals surface area contributed by atoms with Crippen LogP contribution in [0.5, 0.6) is 0 Å². The van der Waals surface area contributed by atoms with E-state index in [1.165, 1.54) is 28.6 Å². The van der Waals surface area contributed by atoms with E-state index in [9.17, 15) is 9.18 Å². The largest absolute Gasteiger partial charge is 0.350 e. The van der Waals surface area contributed by atoms with Gasteiger partial charge >= 0.3 is 0 Å². The summed E-state index contributed by atoms with van der Waals surface area (Å²) in [5.74, 6) is 0.362. The Hall–Kier alpha value is -2.62. The maximum atomic E-state index is 13.0. The summed E-state index contributed by atoms with van der Waals surface area (Å²) in [5.41, 5.74) is 3.53. The number of halogens is 1. The maximum absolute atomic E-state index is 13.0. The fourth-order valence-corrected chi connectivity index (χ4v) is 4.03. The van der Waals surface area contributed by atoms with Crippen LogP contribution in [0.15, 0.2) is 54.7 Å². The summed E-state index contributed by atoms with van der Waals surface area (Å²) < 4.78 is 15.2. The molecule has 3 aromatic rings. The van der Waals surface area contributed by atoms with Crippen LogP contribution < -0.4 is 0 Å². The van der Waals surface area contributed by atoms with Crippen molar-refractivity contribution in [3.05, 3.63) is 71.7 Å². The Kier molecular flexibility index (Phi) is 4.49. The van der Waals surface area contributed by atoms with Crippen molar-refractivity contribution in [2.24, 2.45) is 7.05 Å². The summed E-state index contributed by atoms with van der Waals surface area (Å²) in [6, 6.07) is 14.7. The quantitative estimate of drug-likeness (QED) is 0.693. The number of aromatic nitrogens is 1. The molecule has 0 spiro atoms. The van der Waals surface area contributed by atoms with Gasteiger partial charge in [-0.3, -0.25) is 4.79 Å². The molecule has 1 amide bonds. The third-order valence-corrected chi connectivity index (χ3v) is 5.48. The Morgan fingerprint density at radius 3 is 2.50 bits per heavy atom. The van der Waals surface area contributed by atoms with Gasteiger partial charge in [-0.25, -0.2) is 4.39 Å². The lowest BCUT2D eigenvalue weighted by atomic mass is 9.89. The summed E-state index contributed by atoms with van der Waals surface area (Å²) in [4.78, 5) is 14.5. The third-order valence-electron chi connectivity index (χ3n) is 5.48. The van der Waals surface area contributed by atoms with Crippen LogP contribution in [0.2, 0.25) is 0 Å². The summed E-state index contributed by atoms with van der Waals surface area (Å²) in [6.07, 6.45) is 4.57. The highest BCUT2D eigenvalue weighted by molar-refractivity contribution is 5.84. The summed E-state index contributed by atoms with van der Waals surface area (Å²) in [5, 5.41) is 1.33. The van der Waals surface area contributed by atoms with Gasteiger partial charge in [-0.1, -0.05) is 30.3 Å². The molecule has 0 radical (unpaired) electrons. The van der Waals surface area contributed by atoms with Gasteiger partial charge in [-0.15, -0.1) is 0 Å². The Morgan fingerprint density at radius 1 is 1.08 bits per heavy atom. The Morgan fingerprint density at radius 2 is 1.77 bits per heavy atom. The lowest BCUT2D eigenvalue weighted by Crippen LogP contribution is -2.38. The molecule has 0 unspecified atom stereocenters. The number of carbonyl (C=O) groups is 1. The van der Waals surface area contributed by atoms with E-state index in [4.69, 9.17) is 0 Å². The number of aryl methyl sites for hydroxylation is 1. The SMILES string of the molecule is Cn1cc(C2CCN(C(=O)Cc3ccc(F)cc3)CC2)c2ccccc21. The lowest BCUT2D eigenvalue weighted by Gasteiger charge is -2.32. The van der Waals surface area contributed by atoms with E-state index in [0.29, 0.717) is 12.3 Å². The third kappa shape index (κ3) is 3.24. The molecule has 1 aromatic heterocycles. The molecule has 26 heavy (non-hydrogen) atoms. The number of likely N-dealkylation sites (tertiary alicyclic amines) is 1. The second kappa shape index (κ2) is 6.94. The number of nitrogens with zero attached hydrogens (tertiary/aromatic N) is 2.